The minimum absolute atomic E-state index is 0.179. The predicted octanol–water partition coefficient (Wildman–Crippen LogP) is 5.50. The molecule has 1 aliphatic heterocycles. The Kier molecular flexibility index (Phi) is 3.30. The summed E-state index contributed by atoms with van der Waals surface area (Å²) in [4.78, 5) is 25.3. The molecule has 0 bridgehead atoms. The summed E-state index contributed by atoms with van der Waals surface area (Å²) in [6, 6.07) is 7.85. The summed E-state index contributed by atoms with van der Waals surface area (Å²) in [7, 11) is 0. The van der Waals surface area contributed by atoms with Gasteiger partial charge in [-0.25, -0.2) is 9.37 Å². The Morgan fingerprint density at radius 2 is 1.93 bits per heavy atom. The van der Waals surface area contributed by atoms with Crippen LogP contribution >= 0.6 is 23.2 Å². The Morgan fingerprint density at radius 3 is 2.72 bits per heavy atom. The Balaban J connectivity index is 1.59. The van der Waals surface area contributed by atoms with E-state index in [1.165, 1.54) is 18.2 Å². The molecule has 1 aliphatic carbocycles. The van der Waals surface area contributed by atoms with Crippen LogP contribution in [-0.2, 0) is 5.54 Å². The third kappa shape index (κ3) is 2.21. The van der Waals surface area contributed by atoms with Gasteiger partial charge >= 0.3 is 0 Å². The maximum absolute atomic E-state index is 14.4. The first-order valence-electron chi connectivity index (χ1n) is 9.15. The van der Waals surface area contributed by atoms with Crippen LogP contribution in [-0.4, -0.2) is 15.0 Å². The minimum Gasteiger partial charge on any atom is -0.345 e. The number of hydrogen-bond donors (Lipinski definition) is 2. The van der Waals surface area contributed by atoms with E-state index in [1.54, 1.807) is 18.5 Å². The van der Waals surface area contributed by atoms with Crippen molar-refractivity contribution >= 4 is 45.6 Å². The fourth-order valence-electron chi connectivity index (χ4n) is 4.38. The van der Waals surface area contributed by atoms with Gasteiger partial charge in [-0.15, -0.1) is 0 Å². The van der Waals surface area contributed by atoms with Crippen molar-refractivity contribution in [2.75, 3.05) is 4.90 Å². The Labute approximate surface area is 174 Å². The third-order valence-corrected chi connectivity index (χ3v) is 6.37. The first-order valence-corrected chi connectivity index (χ1v) is 9.90. The predicted molar refractivity (Wildman–Crippen MR) is 112 cm³/mol. The van der Waals surface area contributed by atoms with Crippen LogP contribution in [0.1, 0.15) is 18.5 Å². The molecule has 8 heteroatoms. The van der Waals surface area contributed by atoms with Crippen molar-refractivity contribution in [3.05, 3.63) is 74.6 Å². The molecule has 1 spiro atoms. The molecule has 4 aromatic rings. The van der Waals surface area contributed by atoms with Crippen LogP contribution in [0.25, 0.3) is 22.2 Å². The van der Waals surface area contributed by atoms with E-state index in [1.807, 2.05) is 6.07 Å². The molecular formula is C21H13Cl2FN4O. The summed E-state index contributed by atoms with van der Waals surface area (Å²) >= 11 is 12.5. The van der Waals surface area contributed by atoms with E-state index >= 15 is 0 Å². The largest absolute Gasteiger partial charge is 0.345 e. The van der Waals surface area contributed by atoms with Crippen molar-refractivity contribution in [2.24, 2.45) is 0 Å². The molecule has 1 saturated carbocycles. The van der Waals surface area contributed by atoms with E-state index in [0.29, 0.717) is 15.7 Å². The summed E-state index contributed by atoms with van der Waals surface area (Å²) in [6.45, 7) is 0. The second-order valence-electron chi connectivity index (χ2n) is 7.45. The fourth-order valence-corrected chi connectivity index (χ4v) is 4.80. The molecule has 1 fully saturated rings. The highest BCUT2D eigenvalue weighted by atomic mass is 35.5. The number of hydrogen-bond acceptors (Lipinski definition) is 3. The van der Waals surface area contributed by atoms with Crippen molar-refractivity contribution in [2.45, 2.75) is 18.4 Å². The molecule has 2 N–H and O–H groups in total. The number of fused-ring (bicyclic) bond motifs is 3. The zero-order valence-corrected chi connectivity index (χ0v) is 16.4. The van der Waals surface area contributed by atoms with Gasteiger partial charge in [0.25, 0.3) is 5.56 Å². The number of pyridine rings is 2. The van der Waals surface area contributed by atoms with Crippen molar-refractivity contribution in [1.29, 1.82) is 0 Å². The van der Waals surface area contributed by atoms with Crippen LogP contribution in [0.15, 0.2) is 47.5 Å². The van der Waals surface area contributed by atoms with Crippen molar-refractivity contribution in [1.82, 2.24) is 15.0 Å². The van der Waals surface area contributed by atoms with Crippen LogP contribution in [0.2, 0.25) is 10.0 Å². The topological polar surface area (TPSA) is 64.8 Å². The standard InChI is InChI=1S/C21H13Cl2FN4O/c22-10-1-2-14(24)11(7-10)12-8-16-18(27-20(12)29)21(4-5-21)28(16)15-3-6-25-19-17(15)13(23)9-26-19/h1-3,6-9H,4-5H2,(H,25,26)(H,27,29). The number of nitrogens with zero attached hydrogens (tertiary/aromatic N) is 2. The molecule has 0 saturated heterocycles. The molecule has 6 rings (SSSR count). The van der Waals surface area contributed by atoms with Crippen LogP contribution in [0.5, 0.6) is 0 Å². The lowest BCUT2D eigenvalue weighted by Crippen LogP contribution is -2.44. The molecule has 4 heterocycles. The molecule has 144 valence electrons. The van der Waals surface area contributed by atoms with Crippen molar-refractivity contribution in [3.8, 4) is 11.1 Å². The van der Waals surface area contributed by atoms with E-state index in [-0.39, 0.29) is 22.2 Å². The van der Waals surface area contributed by atoms with Crippen LogP contribution in [0.3, 0.4) is 0 Å². The quantitative estimate of drug-likeness (QED) is 0.444. The van der Waals surface area contributed by atoms with Crippen molar-refractivity contribution < 1.29 is 4.39 Å². The number of H-pyrrole nitrogens is 2. The van der Waals surface area contributed by atoms with E-state index < -0.39 is 5.82 Å². The molecule has 0 atom stereocenters. The van der Waals surface area contributed by atoms with Gasteiger partial charge in [0.1, 0.15) is 11.5 Å². The number of benzene rings is 1. The lowest BCUT2D eigenvalue weighted by molar-refractivity contribution is 0.605. The van der Waals surface area contributed by atoms with Gasteiger partial charge in [-0.3, -0.25) is 4.79 Å². The second-order valence-corrected chi connectivity index (χ2v) is 8.30. The molecule has 0 unspecified atom stereocenters. The van der Waals surface area contributed by atoms with Gasteiger partial charge in [-0.1, -0.05) is 23.2 Å². The van der Waals surface area contributed by atoms with E-state index in [0.717, 1.165) is 35.3 Å². The second kappa shape index (κ2) is 5.62. The highest BCUT2D eigenvalue weighted by molar-refractivity contribution is 6.36. The van der Waals surface area contributed by atoms with Gasteiger partial charge in [0, 0.05) is 23.0 Å². The van der Waals surface area contributed by atoms with Gasteiger partial charge in [0.15, 0.2) is 0 Å². The van der Waals surface area contributed by atoms with Gasteiger partial charge in [-0.05, 0) is 43.2 Å². The third-order valence-electron chi connectivity index (χ3n) is 5.84. The smallest absolute Gasteiger partial charge is 0.256 e. The molecule has 0 amide bonds. The number of anilines is 2. The summed E-state index contributed by atoms with van der Waals surface area (Å²) in [5.74, 6) is -0.494. The highest BCUT2D eigenvalue weighted by Crippen LogP contribution is 2.65. The zero-order valence-electron chi connectivity index (χ0n) is 14.9. The monoisotopic (exact) mass is 426 g/mol. The van der Waals surface area contributed by atoms with Crippen LogP contribution in [0, 0.1) is 5.82 Å². The van der Waals surface area contributed by atoms with Gasteiger partial charge in [0.05, 0.1) is 38.6 Å². The summed E-state index contributed by atoms with van der Waals surface area (Å²) < 4.78 is 14.4. The fraction of sp³-hybridized carbons (Fsp3) is 0.143. The van der Waals surface area contributed by atoms with Crippen molar-refractivity contribution in [3.63, 3.8) is 0 Å². The number of aromatic nitrogens is 3. The van der Waals surface area contributed by atoms with E-state index in [9.17, 15) is 9.18 Å². The first-order chi connectivity index (χ1) is 14.0. The lowest BCUT2D eigenvalue weighted by atomic mass is 9.92. The van der Waals surface area contributed by atoms with Crippen LogP contribution in [0.4, 0.5) is 15.8 Å². The number of aromatic amines is 2. The molecule has 1 aromatic carbocycles. The van der Waals surface area contributed by atoms with Gasteiger partial charge in [-0.2, -0.15) is 0 Å². The van der Waals surface area contributed by atoms with Gasteiger partial charge < -0.3 is 14.9 Å². The van der Waals surface area contributed by atoms with Gasteiger partial charge in [0.2, 0.25) is 0 Å². The lowest BCUT2D eigenvalue weighted by Gasteiger charge is -2.45. The number of halogens is 3. The maximum atomic E-state index is 14.4. The average Bonchev–Trinajstić information content (AvgIpc) is 3.44. The normalized spacial score (nSPS) is 16.2. The summed E-state index contributed by atoms with van der Waals surface area (Å²) in [5, 5.41) is 1.78. The SMILES string of the molecule is O=c1[nH]c2c(cc1-c1cc(Cl)ccc1F)N(c1ccnc3[nH]cc(Cl)c13)C21CC1. The first kappa shape index (κ1) is 17.1. The molecule has 3 aromatic heterocycles. The highest BCUT2D eigenvalue weighted by Gasteiger charge is 2.60. The Bertz CT molecular complexity index is 1390. The average molecular weight is 427 g/mol. The minimum atomic E-state index is -0.494. The van der Waals surface area contributed by atoms with E-state index in [4.69, 9.17) is 23.2 Å². The molecule has 29 heavy (non-hydrogen) atoms. The summed E-state index contributed by atoms with van der Waals surface area (Å²) in [6.07, 6.45) is 5.28. The Morgan fingerprint density at radius 1 is 1.10 bits per heavy atom. The molecule has 0 radical (unpaired) electrons. The number of rotatable bonds is 2. The number of nitrogens with one attached hydrogen (secondary N) is 2. The maximum Gasteiger partial charge on any atom is 0.256 e. The molecule has 5 nitrogen and oxygen atoms in total. The zero-order chi connectivity index (χ0) is 19.9. The van der Waals surface area contributed by atoms with Crippen LogP contribution < -0.4 is 10.5 Å². The van der Waals surface area contributed by atoms with E-state index in [2.05, 4.69) is 19.9 Å². The summed E-state index contributed by atoms with van der Waals surface area (Å²) in [5.41, 5.74) is 3.18. The Hall–Kier alpha value is -2.83. The molecule has 2 aliphatic rings. The molecular weight excluding hydrogens is 414 g/mol.